The van der Waals surface area contributed by atoms with Crippen molar-refractivity contribution in [2.45, 2.75) is 19.3 Å². The molecule has 1 fully saturated rings. The van der Waals surface area contributed by atoms with Crippen molar-refractivity contribution in [1.82, 2.24) is 0 Å². The maximum Gasteiger partial charge on any atom is 0.0783 e. The molecule has 0 aromatic heterocycles. The van der Waals surface area contributed by atoms with Crippen LogP contribution in [-0.4, -0.2) is 64.3 Å². The zero-order valence-electron chi connectivity index (χ0n) is 11.6. The molecule has 0 N–H and O–H groups in total. The number of rotatable bonds is 6. The molecular weight excluding hydrogens is 184 g/mol. The van der Waals surface area contributed by atoms with E-state index in [0.29, 0.717) is 0 Å². The van der Waals surface area contributed by atoms with Crippen LogP contribution in [0.2, 0.25) is 0 Å². The lowest BCUT2D eigenvalue weighted by atomic mass is 10.1. The molecule has 0 aliphatic heterocycles. The molecule has 0 saturated heterocycles. The van der Waals surface area contributed by atoms with E-state index in [0.717, 1.165) is 20.8 Å². The van der Waals surface area contributed by atoms with Crippen LogP contribution in [0, 0.1) is 11.8 Å². The molecular formula is C13H30N2+2. The smallest absolute Gasteiger partial charge is 0.0783 e. The fraction of sp³-hybridized carbons (Fsp3) is 1.00. The zero-order chi connectivity index (χ0) is 11.7. The Hall–Kier alpha value is -0.0800. The monoisotopic (exact) mass is 214 g/mol. The van der Waals surface area contributed by atoms with E-state index in [1.807, 2.05) is 0 Å². The van der Waals surface area contributed by atoms with E-state index in [2.05, 4.69) is 42.3 Å². The van der Waals surface area contributed by atoms with Crippen molar-refractivity contribution in [1.29, 1.82) is 0 Å². The fourth-order valence-electron chi connectivity index (χ4n) is 2.12. The summed E-state index contributed by atoms with van der Waals surface area (Å²) in [5.41, 5.74) is 0. The summed E-state index contributed by atoms with van der Waals surface area (Å²) < 4.78 is 2.25. The molecule has 0 amide bonds. The van der Waals surface area contributed by atoms with Crippen molar-refractivity contribution in [3.05, 3.63) is 0 Å². The molecule has 15 heavy (non-hydrogen) atoms. The van der Waals surface area contributed by atoms with Crippen LogP contribution in [-0.2, 0) is 0 Å². The summed E-state index contributed by atoms with van der Waals surface area (Å²) in [5, 5.41) is 0. The quantitative estimate of drug-likeness (QED) is 0.592. The lowest BCUT2D eigenvalue weighted by Crippen LogP contribution is -2.36. The minimum absolute atomic E-state index is 1.05. The van der Waals surface area contributed by atoms with Crippen molar-refractivity contribution in [3.63, 3.8) is 0 Å². The molecule has 2 nitrogen and oxygen atoms in total. The number of hydrogen-bond acceptors (Lipinski definition) is 0. The summed E-state index contributed by atoms with van der Waals surface area (Å²) in [5.74, 6) is 2.10. The minimum atomic E-state index is 1.05. The normalized spacial score (nSPS) is 26.8. The van der Waals surface area contributed by atoms with Crippen LogP contribution < -0.4 is 0 Å². The largest absolute Gasteiger partial charge is 0.331 e. The molecule has 0 bridgehead atoms. The zero-order valence-corrected chi connectivity index (χ0v) is 11.6. The van der Waals surface area contributed by atoms with Gasteiger partial charge in [0.2, 0.25) is 0 Å². The minimum Gasteiger partial charge on any atom is -0.331 e. The highest BCUT2D eigenvalue weighted by Crippen LogP contribution is 2.44. The first-order valence-electron chi connectivity index (χ1n) is 6.28. The molecule has 2 atom stereocenters. The topological polar surface area (TPSA) is 0 Å². The van der Waals surface area contributed by atoms with Gasteiger partial charge >= 0.3 is 0 Å². The third-order valence-electron chi connectivity index (χ3n) is 3.41. The van der Waals surface area contributed by atoms with Gasteiger partial charge in [-0.15, -0.1) is 0 Å². The molecule has 1 aliphatic rings. The Morgan fingerprint density at radius 2 is 1.07 bits per heavy atom. The van der Waals surface area contributed by atoms with Gasteiger partial charge < -0.3 is 8.97 Å². The van der Waals surface area contributed by atoms with Crippen molar-refractivity contribution >= 4 is 0 Å². The third kappa shape index (κ3) is 6.16. The van der Waals surface area contributed by atoms with Crippen LogP contribution in [0.15, 0.2) is 0 Å². The molecule has 0 aromatic rings. The molecule has 2 heteroatoms. The molecule has 90 valence electrons. The highest BCUT2D eigenvalue weighted by atomic mass is 15.3. The first-order chi connectivity index (χ1) is 6.67. The average molecular weight is 214 g/mol. The summed E-state index contributed by atoms with van der Waals surface area (Å²) >= 11 is 0. The van der Waals surface area contributed by atoms with Gasteiger partial charge in [0.15, 0.2) is 0 Å². The van der Waals surface area contributed by atoms with Gasteiger partial charge in [-0.05, 0) is 31.1 Å². The van der Waals surface area contributed by atoms with Gasteiger partial charge in [0.25, 0.3) is 0 Å². The van der Waals surface area contributed by atoms with Crippen LogP contribution in [0.25, 0.3) is 0 Å². The van der Waals surface area contributed by atoms with Gasteiger partial charge in [-0.2, -0.15) is 0 Å². The molecule has 1 aliphatic carbocycles. The molecule has 0 aromatic carbocycles. The Balaban J connectivity index is 2.08. The summed E-state index contributed by atoms with van der Waals surface area (Å²) in [4.78, 5) is 0. The molecule has 0 spiro atoms. The van der Waals surface area contributed by atoms with Crippen LogP contribution >= 0.6 is 0 Å². The summed E-state index contributed by atoms with van der Waals surface area (Å²) in [7, 11) is 13.8. The Bertz CT molecular complexity index is 176. The van der Waals surface area contributed by atoms with Crippen molar-refractivity contribution in [2.24, 2.45) is 11.8 Å². The summed E-state index contributed by atoms with van der Waals surface area (Å²) in [6, 6.07) is 0. The lowest BCUT2D eigenvalue weighted by Gasteiger charge is -2.24. The standard InChI is InChI=1S/C13H30N2/c1-14(2,3)9-7-12-11-13(12)8-10-15(4,5)6/h12-13H,7-11H2,1-6H3/q+2. The number of nitrogens with zero attached hydrogens (tertiary/aromatic N) is 2. The van der Waals surface area contributed by atoms with Crippen LogP contribution in [0.3, 0.4) is 0 Å². The van der Waals surface area contributed by atoms with E-state index in [1.54, 1.807) is 0 Å². The predicted molar refractivity (Wildman–Crippen MR) is 66.6 cm³/mol. The van der Waals surface area contributed by atoms with Gasteiger partial charge in [0.1, 0.15) is 0 Å². The van der Waals surface area contributed by atoms with Crippen LogP contribution in [0.1, 0.15) is 19.3 Å². The second-order valence-corrected chi connectivity index (χ2v) is 7.36. The first-order valence-corrected chi connectivity index (χ1v) is 6.28. The second-order valence-electron chi connectivity index (χ2n) is 7.36. The maximum absolute atomic E-state index is 2.30. The summed E-state index contributed by atoms with van der Waals surface area (Å²) in [6.07, 6.45) is 4.37. The van der Waals surface area contributed by atoms with Crippen LogP contribution in [0.4, 0.5) is 0 Å². The number of quaternary nitrogens is 2. The Labute approximate surface area is 96.1 Å². The van der Waals surface area contributed by atoms with E-state index in [-0.39, 0.29) is 0 Å². The lowest BCUT2D eigenvalue weighted by molar-refractivity contribution is -0.871. The molecule has 1 rings (SSSR count). The van der Waals surface area contributed by atoms with Crippen molar-refractivity contribution in [3.8, 4) is 0 Å². The molecule has 2 unspecified atom stereocenters. The van der Waals surface area contributed by atoms with E-state index < -0.39 is 0 Å². The average Bonchev–Trinajstić information content (AvgIpc) is 2.73. The number of hydrogen-bond donors (Lipinski definition) is 0. The van der Waals surface area contributed by atoms with E-state index in [9.17, 15) is 0 Å². The first kappa shape index (κ1) is 13.0. The third-order valence-corrected chi connectivity index (χ3v) is 3.41. The molecule has 1 saturated carbocycles. The van der Waals surface area contributed by atoms with E-state index >= 15 is 0 Å². The Kier molecular flexibility index (Phi) is 3.83. The molecule has 0 heterocycles. The van der Waals surface area contributed by atoms with E-state index in [4.69, 9.17) is 0 Å². The second kappa shape index (κ2) is 4.42. The predicted octanol–water partition coefficient (Wildman–Crippen LogP) is 1.82. The fourth-order valence-corrected chi connectivity index (χ4v) is 2.12. The van der Waals surface area contributed by atoms with Gasteiger partial charge in [-0.3, -0.25) is 0 Å². The van der Waals surface area contributed by atoms with Gasteiger partial charge in [-0.25, -0.2) is 0 Å². The highest BCUT2D eigenvalue weighted by Gasteiger charge is 2.38. The van der Waals surface area contributed by atoms with Crippen molar-refractivity contribution in [2.75, 3.05) is 55.4 Å². The maximum atomic E-state index is 2.30. The van der Waals surface area contributed by atoms with E-state index in [1.165, 1.54) is 32.4 Å². The van der Waals surface area contributed by atoms with Crippen LogP contribution in [0.5, 0.6) is 0 Å². The molecule has 0 radical (unpaired) electrons. The SMILES string of the molecule is C[N+](C)(C)CCC1CC1CC[N+](C)(C)C. The van der Waals surface area contributed by atoms with Crippen molar-refractivity contribution < 1.29 is 8.97 Å². The highest BCUT2D eigenvalue weighted by molar-refractivity contribution is 4.85. The van der Waals surface area contributed by atoms with Gasteiger partial charge in [0, 0.05) is 0 Å². The van der Waals surface area contributed by atoms with Gasteiger partial charge in [0.05, 0.1) is 55.4 Å². The van der Waals surface area contributed by atoms with Gasteiger partial charge in [-0.1, -0.05) is 0 Å². The summed E-state index contributed by atoms with van der Waals surface area (Å²) in [6.45, 7) is 2.68. The Morgan fingerprint density at radius 3 is 1.33 bits per heavy atom. The Morgan fingerprint density at radius 1 is 0.733 bits per heavy atom.